The molecule has 0 aromatic heterocycles. The molecule has 0 spiro atoms. The highest BCUT2D eigenvalue weighted by Crippen LogP contribution is 2.53. The number of ketones is 1. The Bertz CT molecular complexity index is 1610. The van der Waals surface area contributed by atoms with Crippen molar-refractivity contribution in [3.63, 3.8) is 0 Å². The fraction of sp³-hybridized carbons (Fsp3) is 0.286. The monoisotopic (exact) mass is 500 g/mol. The van der Waals surface area contributed by atoms with Gasteiger partial charge in [-0.05, 0) is 35.7 Å². The van der Waals surface area contributed by atoms with Crippen molar-refractivity contribution >= 4 is 38.7 Å². The number of hydrogen-bond acceptors (Lipinski definition) is 3. The van der Waals surface area contributed by atoms with Crippen LogP contribution in [0.15, 0.2) is 95.3 Å². The summed E-state index contributed by atoms with van der Waals surface area (Å²) in [5, 5.41) is 4.89. The van der Waals surface area contributed by atoms with E-state index in [0.29, 0.717) is 0 Å². The maximum absolute atomic E-state index is 14.3. The molecule has 38 heavy (non-hydrogen) atoms. The molecule has 3 heteroatoms. The molecule has 4 aromatic carbocycles. The van der Waals surface area contributed by atoms with Crippen molar-refractivity contribution < 1.29 is 4.79 Å². The Morgan fingerprint density at radius 2 is 0.947 bits per heavy atom. The second-order valence-electron chi connectivity index (χ2n) is 12.0. The van der Waals surface area contributed by atoms with Gasteiger partial charge in [0.1, 0.15) is 0 Å². The van der Waals surface area contributed by atoms with E-state index in [4.69, 9.17) is 0 Å². The normalized spacial score (nSPS) is 20.1. The van der Waals surface area contributed by atoms with Crippen molar-refractivity contribution in [2.75, 3.05) is 23.9 Å². The number of likely N-dealkylation sites (N-methyl/N-ethyl adjacent to an activating group) is 2. The molecule has 2 heterocycles. The van der Waals surface area contributed by atoms with Crippen molar-refractivity contribution in [3.05, 3.63) is 106 Å². The van der Waals surface area contributed by atoms with Crippen LogP contribution in [0.2, 0.25) is 0 Å². The van der Waals surface area contributed by atoms with Gasteiger partial charge in [0.2, 0.25) is 0 Å². The lowest BCUT2D eigenvalue weighted by Crippen LogP contribution is -2.29. The number of carbonyl (C=O) groups is 1. The highest BCUT2D eigenvalue weighted by atomic mass is 16.1. The van der Waals surface area contributed by atoms with Crippen LogP contribution < -0.4 is 9.80 Å². The van der Waals surface area contributed by atoms with Gasteiger partial charge in [0, 0.05) is 58.2 Å². The molecule has 2 aliphatic heterocycles. The summed E-state index contributed by atoms with van der Waals surface area (Å²) in [6.45, 7) is 13.0. The molecule has 0 amide bonds. The molecule has 6 rings (SSSR count). The number of nitrogens with zero attached hydrogens (tertiary/aromatic N) is 2. The van der Waals surface area contributed by atoms with E-state index in [-0.39, 0.29) is 16.6 Å². The van der Waals surface area contributed by atoms with Crippen LogP contribution in [0.3, 0.4) is 0 Å². The Kier molecular flexibility index (Phi) is 5.20. The first-order chi connectivity index (χ1) is 18.0. The number of benzene rings is 4. The largest absolute Gasteiger partial charge is 0.346 e. The summed E-state index contributed by atoms with van der Waals surface area (Å²) in [5.74, 6) is 0.115. The van der Waals surface area contributed by atoms with Gasteiger partial charge in [-0.1, -0.05) is 100 Å². The van der Waals surface area contributed by atoms with Crippen LogP contribution in [0.25, 0.3) is 21.5 Å². The third kappa shape index (κ3) is 3.11. The van der Waals surface area contributed by atoms with Crippen molar-refractivity contribution in [1.82, 2.24) is 0 Å². The molecule has 192 valence electrons. The van der Waals surface area contributed by atoms with Gasteiger partial charge in [-0.2, -0.15) is 0 Å². The summed E-state index contributed by atoms with van der Waals surface area (Å²) in [4.78, 5) is 18.9. The van der Waals surface area contributed by atoms with Gasteiger partial charge >= 0.3 is 0 Å². The van der Waals surface area contributed by atoms with Gasteiger partial charge in [0.25, 0.3) is 0 Å². The predicted octanol–water partition coefficient (Wildman–Crippen LogP) is 8.27. The van der Waals surface area contributed by atoms with Crippen LogP contribution in [0.5, 0.6) is 0 Å². The molecule has 3 nitrogen and oxygen atoms in total. The van der Waals surface area contributed by atoms with Crippen LogP contribution in [-0.4, -0.2) is 19.9 Å². The fourth-order valence-corrected chi connectivity index (χ4v) is 7.50. The predicted molar refractivity (Wildman–Crippen MR) is 161 cm³/mol. The molecular formula is C35H36N2O. The highest BCUT2D eigenvalue weighted by molar-refractivity contribution is 6.12. The first kappa shape index (κ1) is 24.5. The highest BCUT2D eigenvalue weighted by Gasteiger charge is 2.44. The third-order valence-corrected chi connectivity index (χ3v) is 9.07. The van der Waals surface area contributed by atoms with Crippen LogP contribution in [0.4, 0.5) is 11.4 Å². The number of rotatable bonds is 2. The van der Waals surface area contributed by atoms with E-state index >= 15 is 0 Å². The average Bonchev–Trinajstić information content (AvgIpc) is 3.24. The average molecular weight is 501 g/mol. The minimum atomic E-state index is -0.283. The van der Waals surface area contributed by atoms with Gasteiger partial charge in [-0.3, -0.25) is 4.79 Å². The van der Waals surface area contributed by atoms with E-state index < -0.39 is 0 Å². The summed E-state index contributed by atoms with van der Waals surface area (Å²) in [6, 6.07) is 25.9. The minimum Gasteiger partial charge on any atom is -0.346 e. The molecule has 0 N–H and O–H groups in total. The van der Waals surface area contributed by atoms with Gasteiger partial charge in [-0.25, -0.2) is 0 Å². The molecule has 0 aliphatic carbocycles. The number of Topliss-reactive ketones (excluding diaryl/α,β-unsaturated/α-hetero) is 1. The first-order valence-electron chi connectivity index (χ1n) is 13.5. The topological polar surface area (TPSA) is 23.6 Å². The molecule has 0 fully saturated rings. The zero-order chi connectivity index (χ0) is 27.1. The Labute approximate surface area is 226 Å². The second-order valence-corrected chi connectivity index (χ2v) is 12.0. The maximum Gasteiger partial charge on any atom is 0.187 e. The molecule has 0 saturated carbocycles. The number of hydrogen-bond donors (Lipinski definition) is 0. The summed E-state index contributed by atoms with van der Waals surface area (Å²) >= 11 is 0. The molecule has 4 aromatic rings. The fourth-order valence-electron chi connectivity index (χ4n) is 7.50. The number of carbonyl (C=O) groups excluding carboxylic acids is 1. The van der Waals surface area contributed by atoms with E-state index in [0.717, 1.165) is 22.5 Å². The Balaban J connectivity index is 1.51. The van der Waals surface area contributed by atoms with E-state index in [1.807, 2.05) is 13.8 Å². The van der Waals surface area contributed by atoms with Crippen molar-refractivity contribution in [2.45, 2.75) is 52.4 Å². The zero-order valence-corrected chi connectivity index (χ0v) is 23.7. The van der Waals surface area contributed by atoms with E-state index in [1.165, 1.54) is 44.0 Å². The van der Waals surface area contributed by atoms with Crippen LogP contribution in [-0.2, 0) is 15.6 Å². The van der Waals surface area contributed by atoms with Gasteiger partial charge in [0.05, 0.1) is 11.4 Å². The van der Waals surface area contributed by atoms with Crippen LogP contribution >= 0.6 is 0 Å². The molecule has 2 aliphatic rings. The van der Waals surface area contributed by atoms with E-state index in [1.54, 1.807) is 0 Å². The standard InChI is InChI=1S/C35H36N2O/c1-21(32-34(3,4)27-19-17-23-13-9-11-15-25(23)29(27)36(32)7)31(38)22(2)33-35(5,6)28-20-18-24-14-10-12-16-26(24)30(28)37(33)8/h9-20H,1-8H3/b32-21+,33-22+. The summed E-state index contributed by atoms with van der Waals surface area (Å²) in [5.41, 5.74) is 8.16. The van der Waals surface area contributed by atoms with Gasteiger partial charge in [0.15, 0.2) is 5.78 Å². The van der Waals surface area contributed by atoms with E-state index in [2.05, 4.69) is 124 Å². The molecule has 0 bridgehead atoms. The van der Waals surface area contributed by atoms with Crippen molar-refractivity contribution in [1.29, 1.82) is 0 Å². The number of anilines is 2. The Hall–Kier alpha value is -3.85. The number of allylic oxidation sites excluding steroid dienone is 4. The molecular weight excluding hydrogens is 464 g/mol. The molecule has 0 saturated heterocycles. The number of fused-ring (bicyclic) bond motifs is 6. The third-order valence-electron chi connectivity index (χ3n) is 9.07. The van der Waals surface area contributed by atoms with Crippen LogP contribution in [0, 0.1) is 0 Å². The SMILES string of the molecule is C/C(C(=O)/C(C)=C1/N(C)c2c(ccc3ccccc23)C1(C)C)=C1\N(C)c2c(ccc3ccccc23)C1(C)C. The van der Waals surface area contributed by atoms with Gasteiger partial charge < -0.3 is 9.80 Å². The lowest BCUT2D eigenvalue weighted by atomic mass is 9.78. The summed E-state index contributed by atoms with van der Waals surface area (Å²) in [6.07, 6.45) is 0. The molecule has 0 radical (unpaired) electrons. The Morgan fingerprint density at radius 1 is 0.579 bits per heavy atom. The van der Waals surface area contributed by atoms with Crippen molar-refractivity contribution in [2.24, 2.45) is 0 Å². The summed E-state index contributed by atoms with van der Waals surface area (Å²) < 4.78 is 0. The quantitative estimate of drug-likeness (QED) is 0.259. The first-order valence-corrected chi connectivity index (χ1v) is 13.5. The van der Waals surface area contributed by atoms with Crippen LogP contribution in [0.1, 0.15) is 52.7 Å². The minimum absolute atomic E-state index is 0.115. The lowest BCUT2D eigenvalue weighted by molar-refractivity contribution is -0.112. The van der Waals surface area contributed by atoms with E-state index in [9.17, 15) is 4.79 Å². The Morgan fingerprint density at radius 3 is 1.34 bits per heavy atom. The second kappa shape index (κ2) is 8.07. The smallest absolute Gasteiger partial charge is 0.187 e. The maximum atomic E-state index is 14.3. The molecule has 0 atom stereocenters. The summed E-state index contributed by atoms with van der Waals surface area (Å²) in [7, 11) is 4.23. The van der Waals surface area contributed by atoms with Crippen molar-refractivity contribution in [3.8, 4) is 0 Å². The lowest BCUT2D eigenvalue weighted by Gasteiger charge is -2.29. The molecule has 0 unspecified atom stereocenters. The van der Waals surface area contributed by atoms with Gasteiger partial charge in [-0.15, -0.1) is 0 Å². The zero-order valence-electron chi connectivity index (χ0n) is 23.7.